The zero-order valence-corrected chi connectivity index (χ0v) is 17.1. The number of rotatable bonds is 5. The Balaban J connectivity index is 1.64. The summed E-state index contributed by atoms with van der Waals surface area (Å²) in [6, 6.07) is 14.2. The SMILES string of the molecule is CC(Nc1ncnc2nc[nH]c12)c1nc2cccc(Cl)c2c(=O)n1Nc1ccccc1. The summed E-state index contributed by atoms with van der Waals surface area (Å²) in [5.41, 5.74) is 5.32. The lowest BCUT2D eigenvalue weighted by atomic mass is 10.2. The number of nitrogens with one attached hydrogen (secondary N) is 3. The summed E-state index contributed by atoms with van der Waals surface area (Å²) in [5.74, 6) is 1.02. The first-order chi connectivity index (χ1) is 15.1. The van der Waals surface area contributed by atoms with E-state index in [1.54, 1.807) is 24.5 Å². The molecule has 0 saturated heterocycles. The van der Waals surface area contributed by atoms with E-state index in [4.69, 9.17) is 16.6 Å². The number of anilines is 2. The molecule has 3 aromatic heterocycles. The third-order valence-electron chi connectivity index (χ3n) is 4.85. The molecule has 5 rings (SSSR count). The summed E-state index contributed by atoms with van der Waals surface area (Å²) in [6.07, 6.45) is 2.99. The molecule has 0 aliphatic carbocycles. The molecule has 31 heavy (non-hydrogen) atoms. The minimum absolute atomic E-state index is 0.294. The molecule has 0 aliphatic rings. The van der Waals surface area contributed by atoms with E-state index in [9.17, 15) is 4.79 Å². The predicted molar refractivity (Wildman–Crippen MR) is 120 cm³/mol. The largest absolute Gasteiger partial charge is 0.358 e. The minimum Gasteiger partial charge on any atom is -0.358 e. The molecule has 2 aromatic carbocycles. The minimum atomic E-state index is -0.395. The van der Waals surface area contributed by atoms with Crippen molar-refractivity contribution in [3.8, 4) is 0 Å². The van der Waals surface area contributed by atoms with Crippen molar-refractivity contribution in [1.29, 1.82) is 0 Å². The number of halogens is 1. The Morgan fingerprint density at radius 3 is 2.74 bits per heavy atom. The van der Waals surface area contributed by atoms with Crippen molar-refractivity contribution in [3.63, 3.8) is 0 Å². The van der Waals surface area contributed by atoms with E-state index < -0.39 is 6.04 Å². The summed E-state index contributed by atoms with van der Waals surface area (Å²) in [4.78, 5) is 33.8. The molecule has 0 fully saturated rings. The van der Waals surface area contributed by atoms with E-state index in [-0.39, 0.29) is 5.56 Å². The van der Waals surface area contributed by atoms with Crippen LogP contribution in [0, 0.1) is 0 Å². The number of aromatic nitrogens is 6. The van der Waals surface area contributed by atoms with Gasteiger partial charge in [0.1, 0.15) is 11.8 Å². The summed E-state index contributed by atoms with van der Waals surface area (Å²) in [6.45, 7) is 1.89. The fourth-order valence-corrected chi connectivity index (χ4v) is 3.64. The van der Waals surface area contributed by atoms with E-state index >= 15 is 0 Å². The number of benzene rings is 2. The maximum atomic E-state index is 13.4. The molecule has 9 nitrogen and oxygen atoms in total. The number of aromatic amines is 1. The Morgan fingerprint density at radius 2 is 1.90 bits per heavy atom. The van der Waals surface area contributed by atoms with Crippen LogP contribution < -0.4 is 16.3 Å². The second-order valence-electron chi connectivity index (χ2n) is 6.91. The van der Waals surface area contributed by atoms with Crippen LogP contribution in [0.1, 0.15) is 18.8 Å². The Bertz CT molecular complexity index is 1450. The number of hydrogen-bond acceptors (Lipinski definition) is 7. The number of nitrogens with zero attached hydrogens (tertiary/aromatic N) is 5. The molecule has 10 heteroatoms. The van der Waals surface area contributed by atoms with Gasteiger partial charge in [-0.2, -0.15) is 0 Å². The van der Waals surface area contributed by atoms with Crippen LogP contribution in [0.25, 0.3) is 22.1 Å². The lowest BCUT2D eigenvalue weighted by molar-refractivity contribution is 0.701. The highest BCUT2D eigenvalue weighted by Gasteiger charge is 2.20. The normalized spacial score (nSPS) is 12.2. The third-order valence-corrected chi connectivity index (χ3v) is 5.17. The number of imidazole rings is 1. The van der Waals surface area contributed by atoms with E-state index in [0.29, 0.717) is 38.7 Å². The average Bonchev–Trinajstić information content (AvgIpc) is 3.26. The van der Waals surface area contributed by atoms with Crippen molar-refractivity contribution in [2.45, 2.75) is 13.0 Å². The molecule has 0 bridgehead atoms. The van der Waals surface area contributed by atoms with Gasteiger partial charge in [-0.25, -0.2) is 24.6 Å². The molecule has 3 heterocycles. The zero-order valence-electron chi connectivity index (χ0n) is 16.4. The average molecular weight is 433 g/mol. The maximum Gasteiger partial charge on any atom is 0.281 e. The van der Waals surface area contributed by atoms with Gasteiger partial charge in [0.2, 0.25) is 0 Å². The Kier molecular flexibility index (Phi) is 4.72. The topological polar surface area (TPSA) is 113 Å². The molecule has 5 aromatic rings. The summed E-state index contributed by atoms with van der Waals surface area (Å²) < 4.78 is 1.41. The van der Waals surface area contributed by atoms with E-state index in [2.05, 4.69) is 30.7 Å². The summed E-state index contributed by atoms with van der Waals surface area (Å²) in [7, 11) is 0. The van der Waals surface area contributed by atoms with Gasteiger partial charge in [-0.15, -0.1) is 0 Å². The van der Waals surface area contributed by atoms with Crippen LogP contribution in [0.15, 0.2) is 66.0 Å². The van der Waals surface area contributed by atoms with Crippen LogP contribution >= 0.6 is 11.6 Å². The molecule has 1 atom stereocenters. The number of fused-ring (bicyclic) bond motifs is 2. The first-order valence-electron chi connectivity index (χ1n) is 9.55. The van der Waals surface area contributed by atoms with E-state index in [1.165, 1.54) is 11.0 Å². The van der Waals surface area contributed by atoms with Crippen molar-refractivity contribution in [2.24, 2.45) is 0 Å². The quantitative estimate of drug-likeness (QED) is 0.387. The molecular weight excluding hydrogens is 416 g/mol. The van der Waals surface area contributed by atoms with Crippen LogP contribution in [-0.2, 0) is 0 Å². The van der Waals surface area contributed by atoms with Crippen LogP contribution in [-0.4, -0.2) is 29.6 Å². The monoisotopic (exact) mass is 432 g/mol. The third kappa shape index (κ3) is 3.44. The fourth-order valence-electron chi connectivity index (χ4n) is 3.39. The van der Waals surface area contributed by atoms with Gasteiger partial charge < -0.3 is 10.3 Å². The molecular formula is C21H17ClN8O. The number of hydrogen-bond donors (Lipinski definition) is 3. The first kappa shape index (κ1) is 19.0. The predicted octanol–water partition coefficient (Wildman–Crippen LogP) is 3.76. The van der Waals surface area contributed by atoms with Crippen LogP contribution in [0.3, 0.4) is 0 Å². The van der Waals surface area contributed by atoms with Crippen LogP contribution in [0.5, 0.6) is 0 Å². The van der Waals surface area contributed by atoms with Crippen molar-refractivity contribution >= 4 is 45.2 Å². The molecule has 0 radical (unpaired) electrons. The smallest absolute Gasteiger partial charge is 0.281 e. The highest BCUT2D eigenvalue weighted by atomic mass is 35.5. The van der Waals surface area contributed by atoms with Crippen LogP contribution in [0.4, 0.5) is 11.5 Å². The molecule has 0 spiro atoms. The standard InChI is InChI=1S/C21H17ClN8O/c1-12(27-19-17-18(24-10-23-17)25-11-26-19)20-28-15-9-5-8-14(22)16(15)21(31)30(20)29-13-6-3-2-4-7-13/h2-12,29H,1H3,(H2,23,24,25,26,27). The lowest BCUT2D eigenvalue weighted by Crippen LogP contribution is -2.33. The zero-order chi connectivity index (χ0) is 21.4. The summed E-state index contributed by atoms with van der Waals surface area (Å²) in [5, 5.41) is 4.00. The highest BCUT2D eigenvalue weighted by molar-refractivity contribution is 6.35. The molecule has 0 aliphatic heterocycles. The maximum absolute atomic E-state index is 13.4. The van der Waals surface area contributed by atoms with Gasteiger partial charge in [-0.3, -0.25) is 10.2 Å². The Labute approximate surface area is 181 Å². The van der Waals surface area contributed by atoms with E-state index in [1.807, 2.05) is 37.3 Å². The van der Waals surface area contributed by atoms with Gasteiger partial charge in [0.25, 0.3) is 5.56 Å². The van der Waals surface area contributed by atoms with Gasteiger partial charge in [-0.05, 0) is 31.2 Å². The van der Waals surface area contributed by atoms with Crippen LogP contribution in [0.2, 0.25) is 5.02 Å². The van der Waals surface area contributed by atoms with E-state index in [0.717, 1.165) is 5.69 Å². The fraction of sp³-hybridized carbons (Fsp3) is 0.0952. The molecule has 3 N–H and O–H groups in total. The van der Waals surface area contributed by atoms with Crippen molar-refractivity contribution in [2.75, 3.05) is 10.7 Å². The Morgan fingerprint density at radius 1 is 1.06 bits per heavy atom. The molecule has 0 saturated carbocycles. The lowest BCUT2D eigenvalue weighted by Gasteiger charge is -2.21. The number of para-hydroxylation sites is 1. The Hall–Kier alpha value is -3.98. The van der Waals surface area contributed by atoms with Gasteiger partial charge in [0.15, 0.2) is 17.3 Å². The highest BCUT2D eigenvalue weighted by Crippen LogP contribution is 2.24. The van der Waals surface area contributed by atoms with Gasteiger partial charge in [0.05, 0.1) is 34.0 Å². The van der Waals surface area contributed by atoms with Crippen molar-refractivity contribution in [3.05, 3.63) is 82.4 Å². The van der Waals surface area contributed by atoms with Crippen molar-refractivity contribution < 1.29 is 0 Å². The van der Waals surface area contributed by atoms with Gasteiger partial charge >= 0.3 is 0 Å². The second kappa shape index (κ2) is 7.69. The molecule has 154 valence electrons. The van der Waals surface area contributed by atoms with Gasteiger partial charge in [0, 0.05) is 0 Å². The number of H-pyrrole nitrogens is 1. The van der Waals surface area contributed by atoms with Crippen molar-refractivity contribution in [1.82, 2.24) is 29.6 Å². The molecule has 1 unspecified atom stereocenters. The molecule has 0 amide bonds. The first-order valence-corrected chi connectivity index (χ1v) is 9.93. The van der Waals surface area contributed by atoms with Gasteiger partial charge in [-0.1, -0.05) is 35.9 Å². The summed E-state index contributed by atoms with van der Waals surface area (Å²) >= 11 is 6.33. The second-order valence-corrected chi connectivity index (χ2v) is 7.32.